The number of aromatic nitrogens is 1. The monoisotopic (exact) mass is 391 g/mol. The Morgan fingerprint density at radius 1 is 1.29 bits per heavy atom. The van der Waals surface area contributed by atoms with Crippen molar-refractivity contribution in [2.75, 3.05) is 0 Å². The van der Waals surface area contributed by atoms with E-state index in [2.05, 4.69) is 5.10 Å². The molecule has 28 heavy (non-hydrogen) atoms. The zero-order chi connectivity index (χ0) is 21.1. The minimum Gasteiger partial charge on any atom is -0.458 e. The van der Waals surface area contributed by atoms with Gasteiger partial charge in [0.15, 0.2) is 6.23 Å². The molecular formula is C19H30BN3O5. The summed E-state index contributed by atoms with van der Waals surface area (Å²) in [4.78, 5) is 13.9. The SMILES string of the molecule is CC(C(=O)OC(C)(C)C)N1C=Nn2cc(B3OC(C)(C)C(C)(C)O3)cc2C1O. The molecule has 0 aromatic carbocycles. The van der Waals surface area contributed by atoms with Crippen LogP contribution in [0.15, 0.2) is 17.4 Å². The number of fused-ring (bicyclic) bond motifs is 1. The summed E-state index contributed by atoms with van der Waals surface area (Å²) < 4.78 is 19.1. The lowest BCUT2D eigenvalue weighted by Gasteiger charge is -2.34. The first-order valence-electron chi connectivity index (χ1n) is 9.52. The van der Waals surface area contributed by atoms with Gasteiger partial charge in [0, 0.05) is 11.7 Å². The first-order valence-corrected chi connectivity index (χ1v) is 9.52. The second-order valence-corrected chi connectivity index (χ2v) is 9.39. The molecule has 2 atom stereocenters. The van der Waals surface area contributed by atoms with Crippen molar-refractivity contribution < 1.29 is 23.9 Å². The number of carbonyl (C=O) groups excluding carboxylic acids is 1. The third-order valence-electron chi connectivity index (χ3n) is 5.43. The number of rotatable bonds is 3. The average Bonchev–Trinajstić information content (AvgIpc) is 3.05. The van der Waals surface area contributed by atoms with E-state index >= 15 is 0 Å². The van der Waals surface area contributed by atoms with Gasteiger partial charge in [-0.05, 0) is 61.5 Å². The molecule has 0 saturated carbocycles. The lowest BCUT2D eigenvalue weighted by atomic mass is 9.81. The van der Waals surface area contributed by atoms with Crippen molar-refractivity contribution in [2.24, 2.45) is 5.10 Å². The fraction of sp³-hybridized carbons (Fsp3) is 0.684. The molecule has 0 aliphatic carbocycles. The lowest BCUT2D eigenvalue weighted by Crippen LogP contribution is -2.45. The second-order valence-electron chi connectivity index (χ2n) is 9.39. The van der Waals surface area contributed by atoms with Crippen molar-refractivity contribution in [3.05, 3.63) is 18.0 Å². The molecule has 1 aromatic rings. The molecular weight excluding hydrogens is 361 g/mol. The Bertz CT molecular complexity index is 780. The van der Waals surface area contributed by atoms with Crippen LogP contribution in [0.3, 0.4) is 0 Å². The van der Waals surface area contributed by atoms with Gasteiger partial charge in [-0.2, -0.15) is 5.10 Å². The van der Waals surface area contributed by atoms with E-state index in [0.29, 0.717) is 5.69 Å². The van der Waals surface area contributed by atoms with Gasteiger partial charge in [0.2, 0.25) is 0 Å². The minimum absolute atomic E-state index is 0.427. The maximum Gasteiger partial charge on any atom is 0.496 e. The van der Waals surface area contributed by atoms with Crippen molar-refractivity contribution >= 4 is 24.9 Å². The Labute approximate surface area is 166 Å². The number of ether oxygens (including phenoxy) is 1. The van der Waals surface area contributed by atoms with Crippen LogP contribution in [0.5, 0.6) is 0 Å². The fourth-order valence-corrected chi connectivity index (χ4v) is 3.04. The van der Waals surface area contributed by atoms with E-state index in [9.17, 15) is 9.90 Å². The summed E-state index contributed by atoms with van der Waals surface area (Å²) in [5.41, 5.74) is -0.231. The quantitative estimate of drug-likeness (QED) is 0.623. The zero-order valence-electron chi connectivity index (χ0n) is 17.9. The highest BCUT2D eigenvalue weighted by atomic mass is 16.7. The Balaban J connectivity index is 1.79. The van der Waals surface area contributed by atoms with Crippen LogP contribution >= 0.6 is 0 Å². The van der Waals surface area contributed by atoms with Gasteiger partial charge in [-0.15, -0.1) is 0 Å². The van der Waals surface area contributed by atoms with E-state index in [1.54, 1.807) is 44.6 Å². The van der Waals surface area contributed by atoms with E-state index in [1.165, 1.54) is 11.2 Å². The molecule has 2 unspecified atom stereocenters. The first kappa shape index (κ1) is 20.9. The molecule has 2 aliphatic heterocycles. The molecule has 0 amide bonds. The zero-order valence-corrected chi connectivity index (χ0v) is 17.9. The van der Waals surface area contributed by atoms with Crippen molar-refractivity contribution in [1.82, 2.24) is 9.58 Å². The van der Waals surface area contributed by atoms with E-state index < -0.39 is 42.2 Å². The summed E-state index contributed by atoms with van der Waals surface area (Å²) in [6, 6.07) is 1.10. The van der Waals surface area contributed by atoms with Gasteiger partial charge >= 0.3 is 13.1 Å². The largest absolute Gasteiger partial charge is 0.496 e. The number of hydrogen-bond acceptors (Lipinski definition) is 7. The summed E-state index contributed by atoms with van der Waals surface area (Å²) in [7, 11) is -0.553. The molecule has 0 bridgehead atoms. The van der Waals surface area contributed by atoms with Crippen molar-refractivity contribution in [3.63, 3.8) is 0 Å². The van der Waals surface area contributed by atoms with Crippen LogP contribution in [0.4, 0.5) is 0 Å². The maximum absolute atomic E-state index is 12.4. The highest BCUT2D eigenvalue weighted by Crippen LogP contribution is 2.37. The van der Waals surface area contributed by atoms with Crippen LogP contribution in [0.25, 0.3) is 0 Å². The van der Waals surface area contributed by atoms with E-state index in [1.807, 2.05) is 27.7 Å². The molecule has 3 heterocycles. The van der Waals surface area contributed by atoms with Gasteiger partial charge in [0.05, 0.1) is 16.9 Å². The predicted molar refractivity (Wildman–Crippen MR) is 106 cm³/mol. The maximum atomic E-state index is 12.4. The smallest absolute Gasteiger partial charge is 0.458 e. The molecule has 1 N–H and O–H groups in total. The van der Waals surface area contributed by atoms with Gasteiger partial charge in [0.1, 0.15) is 18.0 Å². The summed E-state index contributed by atoms with van der Waals surface area (Å²) in [5.74, 6) is -0.427. The Morgan fingerprint density at radius 2 is 1.86 bits per heavy atom. The second kappa shape index (κ2) is 6.61. The van der Waals surface area contributed by atoms with Crippen LogP contribution in [-0.4, -0.2) is 57.0 Å². The first-order chi connectivity index (χ1) is 12.7. The Morgan fingerprint density at radius 3 is 2.39 bits per heavy atom. The minimum atomic E-state index is -1.05. The third kappa shape index (κ3) is 3.70. The van der Waals surface area contributed by atoms with Crippen LogP contribution in [0.1, 0.15) is 67.3 Å². The third-order valence-corrected chi connectivity index (χ3v) is 5.43. The fourth-order valence-electron chi connectivity index (χ4n) is 3.04. The van der Waals surface area contributed by atoms with E-state index in [0.717, 1.165) is 5.46 Å². The van der Waals surface area contributed by atoms with Gasteiger partial charge in [-0.3, -0.25) is 0 Å². The van der Waals surface area contributed by atoms with E-state index in [4.69, 9.17) is 14.0 Å². The van der Waals surface area contributed by atoms with Crippen molar-refractivity contribution in [3.8, 4) is 0 Å². The highest BCUT2D eigenvalue weighted by molar-refractivity contribution is 6.62. The Hall–Kier alpha value is -1.84. The van der Waals surface area contributed by atoms with Crippen molar-refractivity contribution in [1.29, 1.82) is 0 Å². The molecule has 1 fully saturated rings. The summed E-state index contributed by atoms with van der Waals surface area (Å²) >= 11 is 0. The summed E-state index contributed by atoms with van der Waals surface area (Å²) in [5, 5.41) is 15.2. The molecule has 154 valence electrons. The molecule has 2 aliphatic rings. The van der Waals surface area contributed by atoms with Crippen LogP contribution in [0, 0.1) is 0 Å². The number of hydrogen-bond donors (Lipinski definition) is 1. The van der Waals surface area contributed by atoms with Gasteiger partial charge < -0.3 is 24.1 Å². The molecule has 8 nitrogen and oxygen atoms in total. The number of esters is 1. The summed E-state index contributed by atoms with van der Waals surface area (Å²) in [6.45, 7) is 15.0. The topological polar surface area (TPSA) is 85.5 Å². The van der Waals surface area contributed by atoms with Crippen molar-refractivity contribution in [2.45, 2.75) is 84.5 Å². The number of aliphatic hydroxyl groups is 1. The molecule has 3 rings (SSSR count). The number of nitrogens with zero attached hydrogens (tertiary/aromatic N) is 3. The standard InChI is InChI=1S/C19H30BN3O5/c1-12(16(25)26-17(2,3)4)22-11-21-23-10-13(9-14(23)15(22)24)20-27-18(5,6)19(7,8)28-20/h9-12,15,24H,1-8H3. The molecule has 9 heteroatoms. The van der Waals surface area contributed by atoms with Crippen LogP contribution < -0.4 is 5.46 Å². The normalized spacial score (nSPS) is 24.2. The molecule has 1 aromatic heterocycles. The summed E-state index contributed by atoms with van der Waals surface area (Å²) in [6.07, 6.45) is 2.17. The molecule has 0 radical (unpaired) electrons. The molecule has 0 spiro atoms. The Kier molecular flexibility index (Phi) is 4.93. The van der Waals surface area contributed by atoms with Gasteiger partial charge in [-0.1, -0.05) is 0 Å². The highest BCUT2D eigenvalue weighted by Gasteiger charge is 2.52. The molecule has 1 saturated heterocycles. The average molecular weight is 391 g/mol. The van der Waals surface area contributed by atoms with Gasteiger partial charge in [-0.25, -0.2) is 9.47 Å². The lowest BCUT2D eigenvalue weighted by molar-refractivity contribution is -0.162. The van der Waals surface area contributed by atoms with Crippen LogP contribution in [-0.2, 0) is 18.8 Å². The van der Waals surface area contributed by atoms with E-state index in [-0.39, 0.29) is 0 Å². The number of aliphatic hydroxyl groups excluding tert-OH is 1. The predicted octanol–water partition coefficient (Wildman–Crippen LogP) is 1.62. The number of carbonyl (C=O) groups is 1. The van der Waals surface area contributed by atoms with Crippen LogP contribution in [0.2, 0.25) is 0 Å². The van der Waals surface area contributed by atoms with Gasteiger partial charge in [0.25, 0.3) is 0 Å².